The van der Waals surface area contributed by atoms with Crippen molar-refractivity contribution in [1.82, 2.24) is 20.4 Å². The van der Waals surface area contributed by atoms with E-state index in [9.17, 15) is 9.59 Å². The van der Waals surface area contributed by atoms with E-state index in [4.69, 9.17) is 0 Å². The fraction of sp³-hybridized carbons (Fsp3) is 0.421. The standard InChI is InChI=1S/C19H23N5O2/c25-18(17-14-12-20-9-8-16(14)22-23-17)21-15-7-3-2-6-13(15)19(26)24-10-4-1-5-11-24/h2-3,6-7,20H,1,4-5,8-12H2,(H,21,25)(H,22,23). The van der Waals surface area contributed by atoms with Crippen molar-refractivity contribution in [3.05, 3.63) is 46.8 Å². The Hall–Kier alpha value is -2.67. The highest BCUT2D eigenvalue weighted by Crippen LogP contribution is 2.22. The Morgan fingerprint density at radius 3 is 2.77 bits per heavy atom. The van der Waals surface area contributed by atoms with Gasteiger partial charge in [-0.1, -0.05) is 12.1 Å². The van der Waals surface area contributed by atoms with Crippen LogP contribution in [0.4, 0.5) is 5.69 Å². The van der Waals surface area contributed by atoms with Gasteiger partial charge in [0, 0.05) is 43.9 Å². The molecular formula is C19H23N5O2. The van der Waals surface area contributed by atoms with Gasteiger partial charge < -0.3 is 15.5 Å². The fourth-order valence-corrected chi connectivity index (χ4v) is 3.64. The number of nitrogens with one attached hydrogen (secondary N) is 3. The molecule has 0 bridgehead atoms. The predicted molar refractivity (Wildman–Crippen MR) is 98.1 cm³/mol. The molecule has 3 heterocycles. The topological polar surface area (TPSA) is 90.1 Å². The second-order valence-electron chi connectivity index (χ2n) is 6.81. The zero-order chi connectivity index (χ0) is 17.9. The number of hydrogen-bond acceptors (Lipinski definition) is 4. The molecule has 0 radical (unpaired) electrons. The van der Waals surface area contributed by atoms with Gasteiger partial charge in [0.05, 0.1) is 11.3 Å². The molecule has 4 rings (SSSR count). The van der Waals surface area contributed by atoms with Crippen LogP contribution < -0.4 is 10.6 Å². The Bertz CT molecular complexity index is 823. The van der Waals surface area contributed by atoms with Crippen LogP contribution in [-0.2, 0) is 13.0 Å². The molecule has 3 N–H and O–H groups in total. The number of likely N-dealkylation sites (tertiary alicyclic amines) is 1. The first kappa shape index (κ1) is 16.8. The van der Waals surface area contributed by atoms with Crippen LogP contribution in [0.25, 0.3) is 0 Å². The molecule has 1 aromatic carbocycles. The number of anilines is 1. The number of rotatable bonds is 3. The monoisotopic (exact) mass is 353 g/mol. The van der Waals surface area contributed by atoms with Crippen LogP contribution in [0.3, 0.4) is 0 Å². The van der Waals surface area contributed by atoms with Gasteiger partial charge in [0.15, 0.2) is 5.69 Å². The van der Waals surface area contributed by atoms with Crippen molar-refractivity contribution in [2.24, 2.45) is 0 Å². The molecule has 0 saturated carbocycles. The van der Waals surface area contributed by atoms with Crippen molar-refractivity contribution in [3.63, 3.8) is 0 Å². The SMILES string of the molecule is O=C(Nc1ccccc1C(=O)N1CCCCC1)c1n[nH]c2c1CNCC2. The first-order chi connectivity index (χ1) is 12.7. The summed E-state index contributed by atoms with van der Waals surface area (Å²) >= 11 is 0. The Kier molecular flexibility index (Phi) is 4.71. The summed E-state index contributed by atoms with van der Waals surface area (Å²) in [5.74, 6) is -0.309. The lowest BCUT2D eigenvalue weighted by Gasteiger charge is -2.27. The van der Waals surface area contributed by atoms with Gasteiger partial charge in [0.25, 0.3) is 11.8 Å². The second-order valence-corrected chi connectivity index (χ2v) is 6.81. The van der Waals surface area contributed by atoms with Crippen LogP contribution in [0, 0.1) is 0 Å². The molecule has 0 atom stereocenters. The van der Waals surface area contributed by atoms with Crippen LogP contribution in [0.15, 0.2) is 24.3 Å². The minimum atomic E-state index is -0.287. The van der Waals surface area contributed by atoms with Gasteiger partial charge in [0.2, 0.25) is 0 Å². The molecule has 2 aliphatic rings. The number of amides is 2. The molecule has 2 amide bonds. The highest BCUT2D eigenvalue weighted by atomic mass is 16.2. The van der Waals surface area contributed by atoms with Crippen LogP contribution in [0.5, 0.6) is 0 Å². The zero-order valence-electron chi connectivity index (χ0n) is 14.7. The Labute approximate surface area is 152 Å². The molecule has 26 heavy (non-hydrogen) atoms. The lowest BCUT2D eigenvalue weighted by molar-refractivity contribution is 0.0725. The van der Waals surface area contributed by atoms with Gasteiger partial charge in [-0.25, -0.2) is 0 Å². The Morgan fingerprint density at radius 2 is 1.92 bits per heavy atom. The molecular weight excluding hydrogens is 330 g/mol. The van der Waals surface area contributed by atoms with Crippen LogP contribution in [0.1, 0.15) is 51.4 Å². The van der Waals surface area contributed by atoms with Crippen LogP contribution in [0.2, 0.25) is 0 Å². The summed E-state index contributed by atoms with van der Waals surface area (Å²) in [6, 6.07) is 7.19. The highest BCUT2D eigenvalue weighted by Gasteiger charge is 2.24. The average molecular weight is 353 g/mol. The highest BCUT2D eigenvalue weighted by molar-refractivity contribution is 6.08. The normalized spacial score (nSPS) is 16.8. The Morgan fingerprint density at radius 1 is 1.12 bits per heavy atom. The first-order valence-electron chi connectivity index (χ1n) is 9.20. The summed E-state index contributed by atoms with van der Waals surface area (Å²) in [7, 11) is 0. The van der Waals surface area contributed by atoms with E-state index >= 15 is 0 Å². The molecule has 2 aliphatic heterocycles. The van der Waals surface area contributed by atoms with E-state index in [2.05, 4.69) is 20.8 Å². The number of H-pyrrole nitrogens is 1. The van der Waals surface area contributed by atoms with E-state index in [-0.39, 0.29) is 11.8 Å². The minimum absolute atomic E-state index is 0.0219. The van der Waals surface area contributed by atoms with E-state index in [0.717, 1.165) is 50.2 Å². The number of aromatic amines is 1. The largest absolute Gasteiger partial charge is 0.339 e. The molecule has 1 aromatic heterocycles. The number of piperidine rings is 1. The molecule has 0 spiro atoms. The van der Waals surface area contributed by atoms with Crippen molar-refractivity contribution in [2.45, 2.75) is 32.2 Å². The number of carbonyl (C=O) groups is 2. The summed E-state index contributed by atoms with van der Waals surface area (Å²) < 4.78 is 0. The average Bonchev–Trinajstić information content (AvgIpc) is 3.13. The number of fused-ring (bicyclic) bond motifs is 1. The lowest BCUT2D eigenvalue weighted by atomic mass is 10.1. The second kappa shape index (κ2) is 7.29. The molecule has 1 fully saturated rings. The summed E-state index contributed by atoms with van der Waals surface area (Å²) in [5, 5.41) is 13.3. The third-order valence-corrected chi connectivity index (χ3v) is 5.07. The zero-order valence-corrected chi connectivity index (χ0v) is 14.7. The number of hydrogen-bond donors (Lipinski definition) is 3. The summed E-state index contributed by atoms with van der Waals surface area (Å²) in [4.78, 5) is 27.5. The summed E-state index contributed by atoms with van der Waals surface area (Å²) in [5.41, 5.74) is 3.38. The van der Waals surface area contributed by atoms with Crippen molar-refractivity contribution in [3.8, 4) is 0 Å². The quantitative estimate of drug-likeness (QED) is 0.786. The molecule has 7 nitrogen and oxygen atoms in total. The number of benzene rings is 1. The first-order valence-corrected chi connectivity index (χ1v) is 9.20. The third-order valence-electron chi connectivity index (χ3n) is 5.07. The molecule has 2 aromatic rings. The van der Waals surface area contributed by atoms with E-state index < -0.39 is 0 Å². The van der Waals surface area contributed by atoms with Gasteiger partial charge >= 0.3 is 0 Å². The third kappa shape index (κ3) is 3.22. The van der Waals surface area contributed by atoms with Gasteiger partial charge in [-0.3, -0.25) is 14.7 Å². The number of nitrogens with zero attached hydrogens (tertiary/aromatic N) is 2. The predicted octanol–water partition coefficient (Wildman–Crippen LogP) is 1.93. The molecule has 7 heteroatoms. The van der Waals surface area contributed by atoms with Crippen molar-refractivity contribution in [1.29, 1.82) is 0 Å². The Balaban J connectivity index is 1.56. The van der Waals surface area contributed by atoms with E-state index in [1.165, 1.54) is 6.42 Å². The van der Waals surface area contributed by atoms with E-state index in [0.29, 0.717) is 23.5 Å². The molecule has 0 aliphatic carbocycles. The minimum Gasteiger partial charge on any atom is -0.339 e. The number of para-hydroxylation sites is 1. The van der Waals surface area contributed by atoms with Gasteiger partial charge in [-0.05, 0) is 31.4 Å². The lowest BCUT2D eigenvalue weighted by Crippen LogP contribution is -2.36. The van der Waals surface area contributed by atoms with Crippen molar-refractivity contribution in [2.75, 3.05) is 25.0 Å². The van der Waals surface area contributed by atoms with Gasteiger partial charge in [0.1, 0.15) is 0 Å². The smallest absolute Gasteiger partial charge is 0.276 e. The molecule has 0 unspecified atom stereocenters. The maximum atomic E-state index is 12.9. The number of carbonyl (C=O) groups excluding carboxylic acids is 2. The van der Waals surface area contributed by atoms with Crippen molar-refractivity contribution >= 4 is 17.5 Å². The number of aromatic nitrogens is 2. The maximum Gasteiger partial charge on any atom is 0.276 e. The van der Waals surface area contributed by atoms with Crippen LogP contribution >= 0.6 is 0 Å². The molecule has 136 valence electrons. The van der Waals surface area contributed by atoms with Crippen molar-refractivity contribution < 1.29 is 9.59 Å². The van der Waals surface area contributed by atoms with Crippen LogP contribution in [-0.4, -0.2) is 46.5 Å². The fourth-order valence-electron chi connectivity index (χ4n) is 3.64. The maximum absolute atomic E-state index is 12.9. The van der Waals surface area contributed by atoms with Gasteiger partial charge in [-0.2, -0.15) is 5.10 Å². The van der Waals surface area contributed by atoms with E-state index in [1.54, 1.807) is 12.1 Å². The summed E-state index contributed by atoms with van der Waals surface area (Å²) in [6.45, 7) is 3.06. The van der Waals surface area contributed by atoms with E-state index in [1.807, 2.05) is 17.0 Å². The molecule has 1 saturated heterocycles. The summed E-state index contributed by atoms with van der Waals surface area (Å²) in [6.07, 6.45) is 4.07. The van der Waals surface area contributed by atoms with Gasteiger partial charge in [-0.15, -0.1) is 0 Å².